The molecular formula is C10H16BrN3. The largest absolute Gasteiger partial charge is 0.338 e. The molecule has 0 saturated carbocycles. The first-order chi connectivity index (χ1) is 6.65. The summed E-state index contributed by atoms with van der Waals surface area (Å²) in [4.78, 5) is 10.8. The minimum absolute atomic E-state index is 0.441. The van der Waals surface area contributed by atoms with Crippen molar-refractivity contribution in [2.45, 2.75) is 33.2 Å². The van der Waals surface area contributed by atoms with Gasteiger partial charge in [0, 0.05) is 25.0 Å². The fourth-order valence-corrected chi connectivity index (χ4v) is 1.49. The number of hydrogen-bond donors (Lipinski definition) is 0. The molecule has 0 spiro atoms. The van der Waals surface area contributed by atoms with Gasteiger partial charge in [0.25, 0.3) is 0 Å². The lowest BCUT2D eigenvalue weighted by molar-refractivity contribution is 0.651. The standard InChI is InChI=1S/C10H16BrN3/c1-4-5-14(8(2)3)10-12-6-9(11)7-13-10/h6-8H,4-5H2,1-3H3. The first-order valence-corrected chi connectivity index (χ1v) is 5.68. The molecule has 0 atom stereocenters. The lowest BCUT2D eigenvalue weighted by atomic mass is 10.3. The van der Waals surface area contributed by atoms with E-state index in [2.05, 4.69) is 51.6 Å². The lowest BCUT2D eigenvalue weighted by Crippen LogP contribution is -2.32. The van der Waals surface area contributed by atoms with Gasteiger partial charge in [-0.1, -0.05) is 6.92 Å². The Balaban J connectivity index is 2.82. The maximum atomic E-state index is 4.29. The molecular weight excluding hydrogens is 242 g/mol. The Morgan fingerprint density at radius 1 is 1.36 bits per heavy atom. The summed E-state index contributed by atoms with van der Waals surface area (Å²) >= 11 is 3.33. The van der Waals surface area contributed by atoms with Gasteiger partial charge in [-0.2, -0.15) is 0 Å². The maximum absolute atomic E-state index is 4.29. The van der Waals surface area contributed by atoms with Crippen molar-refractivity contribution < 1.29 is 0 Å². The van der Waals surface area contributed by atoms with Crippen LogP contribution in [0.15, 0.2) is 16.9 Å². The van der Waals surface area contributed by atoms with Crippen LogP contribution in [0.3, 0.4) is 0 Å². The van der Waals surface area contributed by atoms with Crippen molar-refractivity contribution in [1.82, 2.24) is 9.97 Å². The highest BCUT2D eigenvalue weighted by atomic mass is 79.9. The predicted octanol–water partition coefficient (Wildman–Crippen LogP) is 2.86. The van der Waals surface area contributed by atoms with Crippen LogP contribution in [0, 0.1) is 0 Å². The van der Waals surface area contributed by atoms with E-state index in [1.807, 2.05) is 0 Å². The Morgan fingerprint density at radius 3 is 2.36 bits per heavy atom. The third-order valence-corrected chi connectivity index (χ3v) is 2.36. The number of nitrogens with zero attached hydrogens (tertiary/aromatic N) is 3. The second kappa shape index (κ2) is 5.29. The minimum atomic E-state index is 0.441. The minimum Gasteiger partial charge on any atom is -0.338 e. The van der Waals surface area contributed by atoms with Crippen LogP contribution in [0.4, 0.5) is 5.95 Å². The summed E-state index contributed by atoms with van der Waals surface area (Å²) in [5.41, 5.74) is 0. The molecule has 0 saturated heterocycles. The Kier molecular flexibility index (Phi) is 4.32. The Hall–Kier alpha value is -0.640. The monoisotopic (exact) mass is 257 g/mol. The second-order valence-corrected chi connectivity index (χ2v) is 4.40. The van der Waals surface area contributed by atoms with Gasteiger partial charge in [0.1, 0.15) is 0 Å². The van der Waals surface area contributed by atoms with Crippen LogP contribution in [0.25, 0.3) is 0 Å². The van der Waals surface area contributed by atoms with Gasteiger partial charge < -0.3 is 4.90 Å². The molecule has 0 bridgehead atoms. The molecule has 0 fully saturated rings. The van der Waals surface area contributed by atoms with Gasteiger partial charge in [-0.15, -0.1) is 0 Å². The van der Waals surface area contributed by atoms with Crippen LogP contribution in [0.1, 0.15) is 27.2 Å². The van der Waals surface area contributed by atoms with Crippen LogP contribution in [0.2, 0.25) is 0 Å². The van der Waals surface area contributed by atoms with Crippen molar-refractivity contribution in [1.29, 1.82) is 0 Å². The molecule has 0 aliphatic carbocycles. The van der Waals surface area contributed by atoms with Gasteiger partial charge >= 0.3 is 0 Å². The molecule has 0 aromatic carbocycles. The highest BCUT2D eigenvalue weighted by Crippen LogP contribution is 2.13. The second-order valence-electron chi connectivity index (χ2n) is 3.49. The number of halogens is 1. The fourth-order valence-electron chi connectivity index (χ4n) is 1.28. The van der Waals surface area contributed by atoms with E-state index >= 15 is 0 Å². The van der Waals surface area contributed by atoms with Crippen molar-refractivity contribution >= 4 is 21.9 Å². The van der Waals surface area contributed by atoms with Crippen molar-refractivity contribution in [3.8, 4) is 0 Å². The van der Waals surface area contributed by atoms with E-state index in [1.165, 1.54) is 0 Å². The quantitative estimate of drug-likeness (QED) is 0.831. The van der Waals surface area contributed by atoms with E-state index in [1.54, 1.807) is 12.4 Å². The highest BCUT2D eigenvalue weighted by Gasteiger charge is 2.11. The van der Waals surface area contributed by atoms with Gasteiger partial charge in [-0.05, 0) is 36.2 Å². The zero-order valence-electron chi connectivity index (χ0n) is 8.87. The molecule has 78 valence electrons. The normalized spacial score (nSPS) is 10.6. The van der Waals surface area contributed by atoms with Crippen LogP contribution in [0.5, 0.6) is 0 Å². The summed E-state index contributed by atoms with van der Waals surface area (Å²) in [5.74, 6) is 0.810. The molecule has 0 radical (unpaired) electrons. The van der Waals surface area contributed by atoms with Crippen molar-refractivity contribution in [3.63, 3.8) is 0 Å². The molecule has 0 amide bonds. The van der Waals surface area contributed by atoms with Gasteiger partial charge in [0.2, 0.25) is 5.95 Å². The van der Waals surface area contributed by atoms with E-state index in [0.29, 0.717) is 6.04 Å². The van der Waals surface area contributed by atoms with Crippen LogP contribution in [-0.2, 0) is 0 Å². The Bertz CT molecular complexity index is 271. The number of anilines is 1. The van der Waals surface area contributed by atoms with E-state index in [-0.39, 0.29) is 0 Å². The number of rotatable bonds is 4. The molecule has 3 nitrogen and oxygen atoms in total. The van der Waals surface area contributed by atoms with E-state index in [0.717, 1.165) is 23.4 Å². The SMILES string of the molecule is CCCN(c1ncc(Br)cn1)C(C)C. The Labute approximate surface area is 93.7 Å². The van der Waals surface area contributed by atoms with Crippen molar-refractivity contribution in [3.05, 3.63) is 16.9 Å². The summed E-state index contributed by atoms with van der Waals surface area (Å²) in [7, 11) is 0. The maximum Gasteiger partial charge on any atom is 0.225 e. The molecule has 4 heteroatoms. The molecule has 0 aliphatic heterocycles. The molecule has 0 N–H and O–H groups in total. The molecule has 14 heavy (non-hydrogen) atoms. The molecule has 1 aromatic heterocycles. The number of hydrogen-bond acceptors (Lipinski definition) is 3. The van der Waals surface area contributed by atoms with Crippen LogP contribution >= 0.6 is 15.9 Å². The summed E-state index contributed by atoms with van der Waals surface area (Å²) in [5, 5.41) is 0. The first kappa shape index (κ1) is 11.4. The summed E-state index contributed by atoms with van der Waals surface area (Å²) in [6.07, 6.45) is 4.68. The number of aromatic nitrogens is 2. The smallest absolute Gasteiger partial charge is 0.225 e. The van der Waals surface area contributed by atoms with Crippen LogP contribution in [-0.4, -0.2) is 22.6 Å². The van der Waals surface area contributed by atoms with Crippen molar-refractivity contribution in [2.75, 3.05) is 11.4 Å². The average Bonchev–Trinajstić information content (AvgIpc) is 2.15. The van der Waals surface area contributed by atoms with Gasteiger partial charge in [-0.3, -0.25) is 0 Å². The summed E-state index contributed by atoms with van der Waals surface area (Å²) in [6, 6.07) is 0.441. The van der Waals surface area contributed by atoms with Gasteiger partial charge in [0.05, 0.1) is 4.47 Å². The topological polar surface area (TPSA) is 29.0 Å². The lowest BCUT2D eigenvalue weighted by Gasteiger charge is -2.25. The Morgan fingerprint density at radius 2 is 1.93 bits per heavy atom. The van der Waals surface area contributed by atoms with E-state index in [4.69, 9.17) is 0 Å². The molecule has 1 aromatic rings. The molecule has 0 aliphatic rings. The van der Waals surface area contributed by atoms with E-state index in [9.17, 15) is 0 Å². The molecule has 0 unspecified atom stereocenters. The third-order valence-electron chi connectivity index (χ3n) is 1.95. The van der Waals surface area contributed by atoms with Gasteiger partial charge in [0.15, 0.2) is 0 Å². The third kappa shape index (κ3) is 2.94. The fraction of sp³-hybridized carbons (Fsp3) is 0.600. The van der Waals surface area contributed by atoms with Gasteiger partial charge in [-0.25, -0.2) is 9.97 Å². The molecule has 1 heterocycles. The van der Waals surface area contributed by atoms with Crippen LogP contribution < -0.4 is 4.90 Å². The highest BCUT2D eigenvalue weighted by molar-refractivity contribution is 9.10. The summed E-state index contributed by atoms with van der Waals surface area (Å²) in [6.45, 7) is 7.47. The van der Waals surface area contributed by atoms with E-state index < -0.39 is 0 Å². The zero-order valence-corrected chi connectivity index (χ0v) is 10.5. The molecule has 1 rings (SSSR count). The average molecular weight is 258 g/mol. The zero-order chi connectivity index (χ0) is 10.6. The van der Waals surface area contributed by atoms with Crippen molar-refractivity contribution in [2.24, 2.45) is 0 Å². The predicted molar refractivity (Wildman–Crippen MR) is 62.5 cm³/mol. The first-order valence-electron chi connectivity index (χ1n) is 4.89. The summed E-state index contributed by atoms with van der Waals surface area (Å²) < 4.78 is 0.918.